The second-order valence-corrected chi connectivity index (χ2v) is 6.62. The van der Waals surface area contributed by atoms with Crippen molar-refractivity contribution in [1.82, 2.24) is 10.2 Å². The zero-order valence-electron chi connectivity index (χ0n) is 16.2. The lowest BCUT2D eigenvalue weighted by atomic mass is 10.2. The van der Waals surface area contributed by atoms with Crippen molar-refractivity contribution < 1.29 is 27.8 Å². The molecule has 0 radical (unpaired) electrons. The number of carbonyl (C=O) groups excluding carboxylic acids is 1. The van der Waals surface area contributed by atoms with Crippen LogP contribution in [0.25, 0.3) is 17.5 Å². The number of halogens is 1. The minimum Gasteiger partial charge on any atom is -0.490 e. The maximum absolute atomic E-state index is 13.0. The van der Waals surface area contributed by atoms with Crippen molar-refractivity contribution in [2.24, 2.45) is 0 Å². The van der Waals surface area contributed by atoms with Crippen molar-refractivity contribution in [3.63, 3.8) is 0 Å². The van der Waals surface area contributed by atoms with E-state index in [2.05, 4.69) is 10.2 Å². The highest BCUT2D eigenvalue weighted by atomic mass is 19.1. The van der Waals surface area contributed by atoms with Gasteiger partial charge >= 0.3 is 5.97 Å². The first-order chi connectivity index (χ1) is 14.6. The molecule has 8 heteroatoms. The lowest BCUT2D eigenvalue weighted by Crippen LogP contribution is -2.06. The summed E-state index contributed by atoms with van der Waals surface area (Å²) in [6.45, 7) is 2.83. The Balaban J connectivity index is 1.38. The van der Waals surface area contributed by atoms with Gasteiger partial charge in [-0.2, -0.15) is 0 Å². The van der Waals surface area contributed by atoms with Crippen molar-refractivity contribution in [2.45, 2.75) is 19.4 Å². The number of carbonyl (C=O) groups is 1. The normalized spacial score (nSPS) is 14.3. The van der Waals surface area contributed by atoms with Crippen molar-refractivity contribution in [1.29, 1.82) is 0 Å². The second kappa shape index (κ2) is 8.77. The molecule has 30 heavy (non-hydrogen) atoms. The molecule has 4 rings (SSSR count). The Morgan fingerprint density at radius 3 is 2.67 bits per heavy atom. The molecule has 0 saturated carbocycles. The molecule has 0 spiro atoms. The molecule has 3 aromatic rings. The predicted molar refractivity (Wildman–Crippen MR) is 105 cm³/mol. The van der Waals surface area contributed by atoms with E-state index in [0.29, 0.717) is 30.3 Å². The first-order valence-electron chi connectivity index (χ1n) is 9.46. The van der Waals surface area contributed by atoms with Crippen LogP contribution in [-0.4, -0.2) is 29.4 Å². The van der Waals surface area contributed by atoms with Crippen molar-refractivity contribution >= 4 is 12.0 Å². The van der Waals surface area contributed by atoms with E-state index in [9.17, 15) is 9.18 Å². The number of nitrogens with zero attached hydrogens (tertiary/aromatic N) is 2. The lowest BCUT2D eigenvalue weighted by Gasteiger charge is -2.08. The van der Waals surface area contributed by atoms with Crippen LogP contribution in [-0.2, 0) is 9.53 Å². The van der Waals surface area contributed by atoms with Gasteiger partial charge in [0.2, 0.25) is 5.89 Å². The average Bonchev–Trinajstić information content (AvgIpc) is 3.12. The van der Waals surface area contributed by atoms with Crippen LogP contribution in [0, 0.1) is 5.82 Å². The molecule has 1 aliphatic heterocycles. The first kappa shape index (κ1) is 19.6. The summed E-state index contributed by atoms with van der Waals surface area (Å²) in [7, 11) is 0. The fourth-order valence-corrected chi connectivity index (χ4v) is 2.82. The third-order valence-corrected chi connectivity index (χ3v) is 4.36. The molecule has 0 bridgehead atoms. The largest absolute Gasteiger partial charge is 0.490 e. The highest BCUT2D eigenvalue weighted by Crippen LogP contribution is 2.31. The van der Waals surface area contributed by atoms with Crippen molar-refractivity contribution in [2.75, 3.05) is 13.2 Å². The molecule has 7 nitrogen and oxygen atoms in total. The molecule has 154 valence electrons. The van der Waals surface area contributed by atoms with Crippen LogP contribution in [0.4, 0.5) is 4.39 Å². The minimum atomic E-state index is -0.743. The number of benzene rings is 2. The summed E-state index contributed by atoms with van der Waals surface area (Å²) < 4.78 is 35.1. The number of hydrogen-bond donors (Lipinski definition) is 0. The van der Waals surface area contributed by atoms with Gasteiger partial charge in [0, 0.05) is 18.1 Å². The van der Waals surface area contributed by atoms with Crippen LogP contribution < -0.4 is 9.47 Å². The Morgan fingerprint density at radius 1 is 1.10 bits per heavy atom. The summed E-state index contributed by atoms with van der Waals surface area (Å²) in [6.07, 6.45) is 3.02. The van der Waals surface area contributed by atoms with E-state index in [1.807, 2.05) is 12.1 Å². The first-order valence-corrected chi connectivity index (χ1v) is 9.46. The zero-order valence-corrected chi connectivity index (χ0v) is 16.2. The zero-order chi connectivity index (χ0) is 20.9. The highest BCUT2D eigenvalue weighted by molar-refractivity contribution is 5.87. The van der Waals surface area contributed by atoms with Gasteiger partial charge in [-0.3, -0.25) is 0 Å². The SMILES string of the molecule is C[C@H](OC(=O)/C=C/c1ccc2c(c1)OCCCO2)c1nnc(-c2ccc(F)cc2)o1. The van der Waals surface area contributed by atoms with Crippen LogP contribution in [0.5, 0.6) is 11.5 Å². The molecule has 0 N–H and O–H groups in total. The van der Waals surface area contributed by atoms with Gasteiger partial charge in [0.15, 0.2) is 17.6 Å². The Labute approximate surface area is 172 Å². The second-order valence-electron chi connectivity index (χ2n) is 6.62. The number of rotatable bonds is 5. The van der Waals surface area contributed by atoms with E-state index < -0.39 is 12.1 Å². The molecule has 0 aliphatic carbocycles. The van der Waals surface area contributed by atoms with Crippen LogP contribution in [0.1, 0.15) is 30.9 Å². The average molecular weight is 410 g/mol. The van der Waals surface area contributed by atoms with E-state index in [4.69, 9.17) is 18.6 Å². The molecule has 2 aromatic carbocycles. The van der Waals surface area contributed by atoms with Gasteiger partial charge in [0.1, 0.15) is 5.82 Å². The Bertz CT molecular complexity index is 1060. The van der Waals surface area contributed by atoms with E-state index in [-0.39, 0.29) is 17.6 Å². The Hall–Kier alpha value is -3.68. The molecule has 0 amide bonds. The molecule has 1 aliphatic rings. The van der Waals surface area contributed by atoms with Crippen LogP contribution in [0.3, 0.4) is 0 Å². The van der Waals surface area contributed by atoms with Gasteiger partial charge in [-0.1, -0.05) is 6.07 Å². The van der Waals surface area contributed by atoms with Crippen LogP contribution in [0.2, 0.25) is 0 Å². The molecule has 1 atom stereocenters. The van der Waals surface area contributed by atoms with Gasteiger partial charge in [0.25, 0.3) is 5.89 Å². The Kier molecular flexibility index (Phi) is 5.74. The minimum absolute atomic E-state index is 0.145. The van der Waals surface area contributed by atoms with Gasteiger partial charge < -0.3 is 18.6 Å². The molecule has 0 unspecified atom stereocenters. The van der Waals surface area contributed by atoms with E-state index in [1.165, 1.54) is 30.3 Å². The summed E-state index contributed by atoms with van der Waals surface area (Å²) >= 11 is 0. The topological polar surface area (TPSA) is 83.7 Å². The smallest absolute Gasteiger partial charge is 0.331 e. The van der Waals surface area contributed by atoms with Gasteiger partial charge in [-0.15, -0.1) is 10.2 Å². The van der Waals surface area contributed by atoms with Gasteiger partial charge in [0.05, 0.1) is 13.2 Å². The quantitative estimate of drug-likeness (QED) is 0.457. The summed E-state index contributed by atoms with van der Waals surface area (Å²) in [6, 6.07) is 11.1. The third-order valence-electron chi connectivity index (χ3n) is 4.36. The van der Waals surface area contributed by atoms with Gasteiger partial charge in [-0.25, -0.2) is 9.18 Å². The highest BCUT2D eigenvalue weighted by Gasteiger charge is 2.18. The summed E-state index contributed by atoms with van der Waals surface area (Å²) in [5, 5.41) is 7.81. The number of ether oxygens (including phenoxy) is 3. The maximum atomic E-state index is 13.0. The number of aromatic nitrogens is 2. The molecular formula is C22H19FN2O5. The fraction of sp³-hybridized carbons (Fsp3) is 0.227. The van der Waals surface area contributed by atoms with Crippen LogP contribution in [0.15, 0.2) is 53.0 Å². The summed E-state index contributed by atoms with van der Waals surface area (Å²) in [5.74, 6) is 0.782. The molecule has 0 fully saturated rings. The molecular weight excluding hydrogens is 391 g/mol. The molecule has 1 aromatic heterocycles. The number of fused-ring (bicyclic) bond motifs is 1. The molecule has 0 saturated heterocycles. The summed E-state index contributed by atoms with van der Waals surface area (Å²) in [5.41, 5.74) is 1.35. The Morgan fingerprint density at radius 2 is 1.87 bits per heavy atom. The van der Waals surface area contributed by atoms with E-state index in [1.54, 1.807) is 19.1 Å². The third kappa shape index (κ3) is 4.65. The standard InChI is InChI=1S/C22H19FN2O5/c1-14(21-24-25-22(30-21)16-5-7-17(23)8-6-16)29-20(26)10-4-15-3-9-18-19(13-15)28-12-2-11-27-18/h3-10,13-14H,2,11-12H2,1H3/b10-4+/t14-/m0/s1. The fourth-order valence-electron chi connectivity index (χ4n) is 2.82. The predicted octanol–water partition coefficient (Wildman–Crippen LogP) is 4.35. The lowest BCUT2D eigenvalue weighted by molar-refractivity contribution is -0.143. The summed E-state index contributed by atoms with van der Waals surface area (Å²) in [4.78, 5) is 12.2. The van der Waals surface area contributed by atoms with E-state index in [0.717, 1.165) is 12.0 Å². The monoisotopic (exact) mass is 410 g/mol. The molecule has 2 heterocycles. The number of esters is 1. The number of hydrogen-bond acceptors (Lipinski definition) is 7. The van der Waals surface area contributed by atoms with Gasteiger partial charge in [-0.05, 0) is 55.0 Å². The van der Waals surface area contributed by atoms with Crippen molar-refractivity contribution in [3.05, 3.63) is 65.8 Å². The van der Waals surface area contributed by atoms with Crippen LogP contribution >= 0.6 is 0 Å². The maximum Gasteiger partial charge on any atom is 0.331 e. The van der Waals surface area contributed by atoms with E-state index >= 15 is 0 Å². The van der Waals surface area contributed by atoms with Crippen molar-refractivity contribution in [3.8, 4) is 23.0 Å².